The summed E-state index contributed by atoms with van der Waals surface area (Å²) in [5, 5.41) is 1.22. The number of aryl methyl sites for hydroxylation is 1. The number of fused-ring (bicyclic) bond motifs is 1. The van der Waals surface area contributed by atoms with Gasteiger partial charge in [-0.25, -0.2) is 9.59 Å². The molecule has 1 aromatic heterocycles. The van der Waals surface area contributed by atoms with E-state index < -0.39 is 23.4 Å². The molecule has 0 radical (unpaired) electrons. The summed E-state index contributed by atoms with van der Waals surface area (Å²) < 4.78 is 71.0. The fourth-order valence-electron chi connectivity index (χ4n) is 6.41. The number of nitrogen functional groups attached to an aromatic ring is 1. The van der Waals surface area contributed by atoms with Crippen molar-refractivity contribution < 1.29 is 85.3 Å². The Hall–Kier alpha value is -4.17. The minimum atomic E-state index is -0.675. The Bertz CT molecular complexity index is 1770. The van der Waals surface area contributed by atoms with Gasteiger partial charge >= 0.3 is 11.6 Å². The predicted molar refractivity (Wildman–Crippen MR) is 248 cm³/mol. The molecular weight excluding hydrogens is 911 g/mol. The molecule has 3 rings (SSSR count). The molecule has 2 N–H and O–H groups in total. The second-order valence-corrected chi connectivity index (χ2v) is 15.4. The number of imide groups is 1. The van der Waals surface area contributed by atoms with Crippen molar-refractivity contribution in [1.29, 1.82) is 0 Å². The second-order valence-electron chi connectivity index (χ2n) is 15.4. The van der Waals surface area contributed by atoms with E-state index in [1.54, 1.807) is 37.1 Å². The second kappa shape index (κ2) is 38.6. The zero-order chi connectivity index (χ0) is 49.6. The van der Waals surface area contributed by atoms with Crippen LogP contribution in [0.15, 0.2) is 27.4 Å². The number of carbonyl (C=O) groups is 4. The van der Waals surface area contributed by atoms with Crippen molar-refractivity contribution in [3.63, 3.8) is 0 Å². The van der Waals surface area contributed by atoms with E-state index in [0.29, 0.717) is 198 Å². The molecule has 1 fully saturated rings. The number of rotatable bonds is 45. The first-order chi connectivity index (χ1) is 33.7. The van der Waals surface area contributed by atoms with Crippen LogP contribution in [0.3, 0.4) is 0 Å². The van der Waals surface area contributed by atoms with Gasteiger partial charge in [-0.3, -0.25) is 14.4 Å². The molecule has 0 spiro atoms. The van der Waals surface area contributed by atoms with Crippen LogP contribution in [0.1, 0.15) is 49.7 Å². The van der Waals surface area contributed by atoms with Crippen LogP contribution in [-0.2, 0) is 87.3 Å². The largest absolute Gasteiger partial charge is 0.422 e. The zero-order valence-corrected chi connectivity index (χ0v) is 40.6. The number of hydrogen-bond acceptors (Lipinski definition) is 20. The molecule has 2 heterocycles. The minimum Gasteiger partial charge on any atom is -0.422 e. The summed E-state index contributed by atoms with van der Waals surface area (Å²) in [6, 6.07) is 5.04. The highest BCUT2D eigenvalue weighted by Gasteiger charge is 2.32. The molecule has 1 aliphatic heterocycles. The van der Waals surface area contributed by atoms with Gasteiger partial charge in [0.05, 0.1) is 164 Å². The number of unbranched alkanes of at least 4 members (excludes halogenated alkanes) is 2. The number of anilines is 1. The van der Waals surface area contributed by atoms with Crippen molar-refractivity contribution in [1.82, 2.24) is 9.96 Å². The van der Waals surface area contributed by atoms with Crippen LogP contribution in [0.4, 0.5) is 5.69 Å². The number of nitrogens with zero attached hydrogens (tertiary/aromatic N) is 2. The van der Waals surface area contributed by atoms with Crippen LogP contribution in [0.25, 0.3) is 11.0 Å². The summed E-state index contributed by atoms with van der Waals surface area (Å²) in [4.78, 5) is 68.8. The summed E-state index contributed by atoms with van der Waals surface area (Å²) in [7, 11) is 1.64. The lowest BCUT2D eigenvalue weighted by molar-refractivity contribution is -0.197. The molecule has 1 aromatic carbocycles. The zero-order valence-electron chi connectivity index (χ0n) is 40.6. The number of hydroxylamine groups is 2. The summed E-state index contributed by atoms with van der Waals surface area (Å²) in [5.74, 6) is -2.03. The van der Waals surface area contributed by atoms with Gasteiger partial charge in [-0.1, -0.05) is 6.42 Å². The van der Waals surface area contributed by atoms with Crippen molar-refractivity contribution in [2.75, 3.05) is 178 Å². The molecule has 0 unspecified atom stereocenters. The Kier molecular flexibility index (Phi) is 33.1. The van der Waals surface area contributed by atoms with Gasteiger partial charge in [-0.05, 0) is 37.5 Å². The maximum absolute atomic E-state index is 13.6. The van der Waals surface area contributed by atoms with Gasteiger partial charge in [0.15, 0.2) is 0 Å². The third kappa shape index (κ3) is 27.1. The first-order valence-electron chi connectivity index (χ1n) is 23.7. The van der Waals surface area contributed by atoms with E-state index in [0.717, 1.165) is 0 Å². The molecule has 0 bridgehead atoms. The van der Waals surface area contributed by atoms with Crippen LogP contribution in [-0.4, -0.2) is 206 Å². The van der Waals surface area contributed by atoms with Gasteiger partial charge in [-0.2, -0.15) is 0 Å². The Morgan fingerprint density at radius 1 is 0.580 bits per heavy atom. The molecule has 0 atom stereocenters. The fourth-order valence-corrected chi connectivity index (χ4v) is 6.41. The van der Waals surface area contributed by atoms with Crippen molar-refractivity contribution in [3.8, 4) is 0 Å². The van der Waals surface area contributed by atoms with Crippen molar-refractivity contribution >= 4 is 40.3 Å². The molecule has 3 amide bonds. The topological polar surface area (TPSA) is 251 Å². The highest BCUT2D eigenvalue weighted by atomic mass is 16.7. The standard InChI is InChI=1S/C47H75N3O19/c1-38-40-8-7-39(48)36-42(40)68-47(55)41(38)37-45(53)49(11-5-3-4-6-46(54)69-50-43(51)9-10-44(50)52)12-13-57-16-17-59-20-21-61-24-25-63-28-29-65-32-33-67-35-34-66-31-30-64-27-26-62-23-22-60-19-18-58-15-14-56-2/h7-8,36H,3-6,9-35,37,48H2,1-2H3. The van der Waals surface area contributed by atoms with E-state index in [1.807, 2.05) is 0 Å². The van der Waals surface area contributed by atoms with Crippen molar-refractivity contribution in [2.45, 2.75) is 51.9 Å². The number of hydrogen-bond donors (Lipinski definition) is 1. The van der Waals surface area contributed by atoms with Crippen LogP contribution >= 0.6 is 0 Å². The van der Waals surface area contributed by atoms with Gasteiger partial charge in [0.2, 0.25) is 5.91 Å². The molecular formula is C47H75N3O19. The lowest BCUT2D eigenvalue weighted by Gasteiger charge is -2.23. The molecule has 0 saturated carbocycles. The average molecular weight is 986 g/mol. The number of amides is 3. The quantitative estimate of drug-likeness (QED) is 0.0431. The predicted octanol–water partition coefficient (Wildman–Crippen LogP) is 2.05. The first kappa shape index (κ1) is 59.1. The van der Waals surface area contributed by atoms with E-state index in [4.69, 9.17) is 71.8 Å². The minimum absolute atomic E-state index is 0.00353. The lowest BCUT2D eigenvalue weighted by Crippen LogP contribution is -2.37. The van der Waals surface area contributed by atoms with Crippen LogP contribution in [0, 0.1) is 6.92 Å². The fraction of sp³-hybridized carbons (Fsp3) is 0.723. The smallest absolute Gasteiger partial charge is 0.340 e. The van der Waals surface area contributed by atoms with Crippen molar-refractivity contribution in [3.05, 3.63) is 39.7 Å². The Morgan fingerprint density at radius 2 is 1.00 bits per heavy atom. The molecule has 69 heavy (non-hydrogen) atoms. The van der Waals surface area contributed by atoms with Gasteiger partial charge in [-0.15, -0.1) is 5.06 Å². The molecule has 22 nitrogen and oxygen atoms in total. The lowest BCUT2D eigenvalue weighted by atomic mass is 10.0. The summed E-state index contributed by atoms with van der Waals surface area (Å²) in [6.45, 7) is 12.7. The van der Waals surface area contributed by atoms with Gasteiger partial charge < -0.3 is 76.7 Å². The highest BCUT2D eigenvalue weighted by Crippen LogP contribution is 2.22. The molecule has 2 aromatic rings. The molecule has 392 valence electrons. The SMILES string of the molecule is COCCOCCOCCOCCOCCOCCOCCOCCOCCOCCOCCOCCN(CCCCCC(=O)ON1C(=O)CCC1=O)C(=O)Cc1c(C)c2ccc(N)cc2oc1=O. The van der Waals surface area contributed by atoms with Crippen LogP contribution in [0.5, 0.6) is 0 Å². The highest BCUT2D eigenvalue weighted by molar-refractivity contribution is 6.01. The third-order valence-corrected chi connectivity index (χ3v) is 10.2. The number of carbonyl (C=O) groups excluding carboxylic acids is 4. The number of methoxy groups -OCH3 is 1. The van der Waals surface area contributed by atoms with E-state index in [2.05, 4.69) is 0 Å². The molecule has 1 saturated heterocycles. The number of benzene rings is 1. The Labute approximate surface area is 404 Å². The van der Waals surface area contributed by atoms with Gasteiger partial charge in [0.25, 0.3) is 11.8 Å². The van der Waals surface area contributed by atoms with E-state index in [9.17, 15) is 24.0 Å². The van der Waals surface area contributed by atoms with Gasteiger partial charge in [0.1, 0.15) is 5.58 Å². The molecule has 0 aliphatic carbocycles. The average Bonchev–Trinajstić information content (AvgIpc) is 3.65. The normalized spacial score (nSPS) is 12.8. The number of nitrogens with two attached hydrogens (primary N) is 1. The number of ether oxygens (including phenoxy) is 12. The summed E-state index contributed by atoms with van der Waals surface area (Å²) in [5.41, 5.74) is 6.96. The maximum Gasteiger partial charge on any atom is 0.340 e. The third-order valence-electron chi connectivity index (χ3n) is 10.2. The summed E-state index contributed by atoms with van der Waals surface area (Å²) >= 11 is 0. The molecule has 22 heteroatoms. The maximum atomic E-state index is 13.6. The van der Waals surface area contributed by atoms with Crippen molar-refractivity contribution in [2.24, 2.45) is 0 Å². The monoisotopic (exact) mass is 985 g/mol. The van der Waals surface area contributed by atoms with E-state index >= 15 is 0 Å². The van der Waals surface area contributed by atoms with Gasteiger partial charge in [0, 0.05) is 56.6 Å². The Balaban J connectivity index is 1.13. The van der Waals surface area contributed by atoms with Crippen LogP contribution < -0.4 is 11.4 Å². The van der Waals surface area contributed by atoms with Crippen LogP contribution in [0.2, 0.25) is 0 Å². The molecule has 1 aliphatic rings. The summed E-state index contributed by atoms with van der Waals surface area (Å²) in [6.07, 6.45) is 1.41. The Morgan fingerprint density at radius 3 is 1.43 bits per heavy atom. The van der Waals surface area contributed by atoms with E-state index in [-0.39, 0.29) is 50.3 Å². The first-order valence-corrected chi connectivity index (χ1v) is 23.7. The van der Waals surface area contributed by atoms with E-state index in [1.165, 1.54) is 0 Å².